The number of aliphatic imine (C=N–C) groups is 1. The quantitative estimate of drug-likeness (QED) is 0.132. The molecule has 40 heavy (non-hydrogen) atoms. The van der Waals surface area contributed by atoms with E-state index in [4.69, 9.17) is 23.2 Å². The fourth-order valence-corrected chi connectivity index (χ4v) is 7.20. The van der Waals surface area contributed by atoms with Crippen LogP contribution in [0.3, 0.4) is 0 Å². The van der Waals surface area contributed by atoms with E-state index in [9.17, 15) is 15.4 Å². The molecule has 1 atom stereocenters. The van der Waals surface area contributed by atoms with E-state index in [0.717, 1.165) is 36.6 Å². The number of thiophene rings is 1. The summed E-state index contributed by atoms with van der Waals surface area (Å²) in [5, 5.41) is 30.6. The Bertz CT molecular complexity index is 1680. The Morgan fingerprint density at radius 1 is 1.27 bits per heavy atom. The molecule has 8 nitrogen and oxygen atoms in total. The van der Waals surface area contributed by atoms with Crippen LogP contribution in [0.2, 0.25) is 10.0 Å². The van der Waals surface area contributed by atoms with Crippen molar-refractivity contribution in [1.82, 2.24) is 15.2 Å². The van der Waals surface area contributed by atoms with Gasteiger partial charge in [-0.2, -0.15) is 5.26 Å². The number of nitro groups is 1. The molecule has 2 aromatic heterocycles. The van der Waals surface area contributed by atoms with Crippen molar-refractivity contribution in [2.45, 2.75) is 50.1 Å². The molecule has 0 aliphatic heterocycles. The molecule has 12 heteroatoms. The molecule has 0 amide bonds. The minimum absolute atomic E-state index is 0.0937. The lowest BCUT2D eigenvalue weighted by atomic mass is 9.72. The summed E-state index contributed by atoms with van der Waals surface area (Å²) in [7, 11) is 0. The molecule has 0 bridgehead atoms. The first-order valence-electron chi connectivity index (χ1n) is 12.5. The summed E-state index contributed by atoms with van der Waals surface area (Å²) in [6, 6.07) is 12.2. The van der Waals surface area contributed by atoms with Gasteiger partial charge in [0.2, 0.25) is 5.16 Å². The van der Waals surface area contributed by atoms with E-state index in [1.54, 1.807) is 47.9 Å². The van der Waals surface area contributed by atoms with Crippen LogP contribution in [0.25, 0.3) is 11.4 Å². The Hall–Kier alpha value is -3.23. The standard InChI is InChI=1S/C28H24Cl2N6O2S2/c1-28(2,3)16-5-7-18-20(13-31)26(39-24(18)11-16)32-14-15-4-9-23(22(10-15)36(37)38)40-27-33-25(34-35-27)19-8-6-17(29)12-21(19)30/h4,6,8-10,12,14,16H,5,7,11H2,1-3H3,(H,33,34,35)/t16-/m1/s1. The van der Waals surface area contributed by atoms with E-state index in [1.165, 1.54) is 10.9 Å². The summed E-state index contributed by atoms with van der Waals surface area (Å²) in [6.07, 6.45) is 4.44. The summed E-state index contributed by atoms with van der Waals surface area (Å²) >= 11 is 14.9. The number of H-pyrrole nitrogens is 1. The zero-order valence-electron chi connectivity index (χ0n) is 21.9. The van der Waals surface area contributed by atoms with Gasteiger partial charge < -0.3 is 0 Å². The van der Waals surface area contributed by atoms with Gasteiger partial charge in [-0.05, 0) is 77.7 Å². The van der Waals surface area contributed by atoms with Crippen LogP contribution in [0.1, 0.15) is 48.8 Å². The minimum atomic E-state index is -0.444. The van der Waals surface area contributed by atoms with Gasteiger partial charge in [-0.25, -0.2) is 9.98 Å². The summed E-state index contributed by atoms with van der Waals surface area (Å²) < 4.78 is 0. The molecule has 1 N–H and O–H groups in total. The number of hydrogen-bond acceptors (Lipinski definition) is 8. The van der Waals surface area contributed by atoms with E-state index in [2.05, 4.69) is 47.0 Å². The number of benzene rings is 2. The highest BCUT2D eigenvalue weighted by Gasteiger charge is 2.32. The molecule has 0 radical (unpaired) electrons. The molecule has 2 heterocycles. The zero-order chi connectivity index (χ0) is 28.6. The van der Waals surface area contributed by atoms with Crippen LogP contribution in [0.5, 0.6) is 0 Å². The smallest absolute Gasteiger partial charge is 0.258 e. The summed E-state index contributed by atoms with van der Waals surface area (Å²) in [4.78, 5) is 22.1. The topological polar surface area (TPSA) is 121 Å². The molecule has 1 aliphatic rings. The monoisotopic (exact) mass is 610 g/mol. The molecule has 0 saturated heterocycles. The lowest BCUT2D eigenvalue weighted by Gasteiger charge is -2.33. The van der Waals surface area contributed by atoms with Crippen molar-refractivity contribution in [1.29, 1.82) is 5.26 Å². The lowest BCUT2D eigenvalue weighted by molar-refractivity contribution is -0.387. The van der Waals surface area contributed by atoms with Crippen LogP contribution in [-0.2, 0) is 12.8 Å². The van der Waals surface area contributed by atoms with Crippen molar-refractivity contribution in [2.75, 3.05) is 0 Å². The maximum atomic E-state index is 11.9. The molecule has 0 spiro atoms. The predicted molar refractivity (Wildman–Crippen MR) is 160 cm³/mol. The first-order valence-corrected chi connectivity index (χ1v) is 14.8. The normalized spacial score (nSPS) is 15.2. The van der Waals surface area contributed by atoms with Gasteiger partial charge in [0.15, 0.2) is 5.82 Å². The molecular weight excluding hydrogens is 587 g/mol. The maximum absolute atomic E-state index is 11.9. The Labute approximate surface area is 249 Å². The Balaban J connectivity index is 1.38. The number of nitriles is 1. The van der Waals surface area contributed by atoms with Gasteiger partial charge in [0, 0.05) is 27.7 Å². The number of aromatic nitrogens is 3. The number of nitrogens with zero attached hydrogens (tertiary/aromatic N) is 5. The number of fused-ring (bicyclic) bond motifs is 1. The van der Waals surface area contributed by atoms with Crippen molar-refractivity contribution < 1.29 is 4.92 Å². The first-order chi connectivity index (χ1) is 19.0. The van der Waals surface area contributed by atoms with Crippen molar-refractivity contribution in [3.05, 3.63) is 78.1 Å². The molecule has 5 rings (SSSR count). The predicted octanol–water partition coefficient (Wildman–Crippen LogP) is 8.67. The van der Waals surface area contributed by atoms with E-state index in [1.807, 2.05) is 0 Å². The second-order valence-electron chi connectivity index (χ2n) is 10.5. The third-order valence-corrected chi connectivity index (χ3v) is 9.59. The number of rotatable bonds is 6. The van der Waals surface area contributed by atoms with Crippen LogP contribution in [0.15, 0.2) is 51.4 Å². The van der Waals surface area contributed by atoms with Crippen molar-refractivity contribution in [2.24, 2.45) is 16.3 Å². The molecule has 0 fully saturated rings. The highest BCUT2D eigenvalue weighted by Crippen LogP contribution is 2.45. The minimum Gasteiger partial charge on any atom is -0.258 e. The van der Waals surface area contributed by atoms with Crippen molar-refractivity contribution in [3.8, 4) is 17.5 Å². The van der Waals surface area contributed by atoms with E-state index < -0.39 is 4.92 Å². The largest absolute Gasteiger partial charge is 0.283 e. The second-order valence-corrected chi connectivity index (χ2v) is 13.5. The summed E-state index contributed by atoms with van der Waals surface area (Å²) in [6.45, 7) is 6.77. The SMILES string of the molecule is CC(C)(C)[C@@H]1CCc2c(sc(N=Cc3ccc(Sc4n[nH]c(-c5ccc(Cl)cc5Cl)n4)c([N+](=O)[O-])c3)c2C#N)C1. The number of hydrogen-bond donors (Lipinski definition) is 1. The number of nitrogens with one attached hydrogen (secondary N) is 1. The zero-order valence-corrected chi connectivity index (χ0v) is 25.0. The lowest BCUT2D eigenvalue weighted by Crippen LogP contribution is -2.26. The third kappa shape index (κ3) is 5.93. The van der Waals surface area contributed by atoms with Crippen LogP contribution in [0.4, 0.5) is 10.7 Å². The third-order valence-electron chi connectivity index (χ3n) is 6.95. The Morgan fingerprint density at radius 3 is 2.77 bits per heavy atom. The summed E-state index contributed by atoms with van der Waals surface area (Å²) in [5.41, 5.74) is 3.00. The van der Waals surface area contributed by atoms with E-state index >= 15 is 0 Å². The molecule has 0 saturated carbocycles. The average Bonchev–Trinajstić information content (AvgIpc) is 3.50. The van der Waals surface area contributed by atoms with Crippen LogP contribution in [-0.4, -0.2) is 26.3 Å². The molecule has 2 aromatic carbocycles. The molecule has 4 aromatic rings. The number of aromatic amines is 1. The van der Waals surface area contributed by atoms with Gasteiger partial charge in [-0.3, -0.25) is 15.2 Å². The van der Waals surface area contributed by atoms with Crippen molar-refractivity contribution >= 4 is 63.2 Å². The van der Waals surface area contributed by atoms with Crippen LogP contribution in [0, 0.1) is 32.8 Å². The molecule has 204 valence electrons. The maximum Gasteiger partial charge on any atom is 0.283 e. The molecule has 0 unspecified atom stereocenters. The van der Waals surface area contributed by atoms with Crippen LogP contribution < -0.4 is 0 Å². The molecule has 1 aliphatic carbocycles. The molecular formula is C28H24Cl2N6O2S2. The van der Waals surface area contributed by atoms with Gasteiger partial charge >= 0.3 is 0 Å². The number of nitro benzene ring substituents is 1. The van der Waals surface area contributed by atoms with E-state index in [-0.39, 0.29) is 11.1 Å². The van der Waals surface area contributed by atoms with Gasteiger partial charge in [0.05, 0.1) is 20.4 Å². The average molecular weight is 612 g/mol. The van der Waals surface area contributed by atoms with Gasteiger partial charge in [-0.1, -0.05) is 50.0 Å². The fourth-order valence-electron chi connectivity index (χ4n) is 4.69. The highest BCUT2D eigenvalue weighted by atomic mass is 35.5. The number of halogens is 2. The van der Waals surface area contributed by atoms with Gasteiger partial charge in [-0.15, -0.1) is 16.4 Å². The Morgan fingerprint density at radius 2 is 2.08 bits per heavy atom. The Kier molecular flexibility index (Phi) is 8.02. The van der Waals surface area contributed by atoms with E-state index in [0.29, 0.717) is 53.5 Å². The van der Waals surface area contributed by atoms with Crippen molar-refractivity contribution in [3.63, 3.8) is 0 Å². The summed E-state index contributed by atoms with van der Waals surface area (Å²) in [5.74, 6) is 0.981. The van der Waals surface area contributed by atoms with Gasteiger partial charge in [0.1, 0.15) is 11.1 Å². The first kappa shape index (κ1) is 28.3. The second kappa shape index (κ2) is 11.3. The highest BCUT2D eigenvalue weighted by molar-refractivity contribution is 7.99. The van der Waals surface area contributed by atoms with Gasteiger partial charge in [0.25, 0.3) is 5.69 Å². The van der Waals surface area contributed by atoms with Crippen LogP contribution >= 0.6 is 46.3 Å². The fraction of sp³-hybridized carbons (Fsp3) is 0.286.